The van der Waals surface area contributed by atoms with Gasteiger partial charge in [-0.25, -0.2) is 4.68 Å². The van der Waals surface area contributed by atoms with Gasteiger partial charge >= 0.3 is 0 Å². The summed E-state index contributed by atoms with van der Waals surface area (Å²) in [5.41, 5.74) is 6.89. The Morgan fingerprint density at radius 2 is 2.31 bits per heavy atom. The monoisotopic (exact) mass is 355 g/mol. The molecule has 9 nitrogen and oxygen atoms in total. The zero-order chi connectivity index (χ0) is 18.7. The summed E-state index contributed by atoms with van der Waals surface area (Å²) in [5.74, 6) is -0.106. The normalized spacial score (nSPS) is 14.6. The predicted octanol–water partition coefficient (Wildman–Crippen LogP) is 1.21. The summed E-state index contributed by atoms with van der Waals surface area (Å²) in [6.07, 6.45) is 11.8. The first-order valence-electron chi connectivity index (χ1n) is 8.13. The van der Waals surface area contributed by atoms with E-state index in [-0.39, 0.29) is 0 Å². The van der Waals surface area contributed by atoms with E-state index in [0.717, 1.165) is 17.7 Å². The van der Waals surface area contributed by atoms with Crippen LogP contribution in [0.2, 0.25) is 0 Å². The highest BCUT2D eigenvalue weighted by molar-refractivity contribution is 5.97. The van der Waals surface area contributed by atoms with Crippen LogP contribution >= 0.6 is 0 Å². The predicted molar refractivity (Wildman–Crippen MR) is 95.9 cm³/mol. The van der Waals surface area contributed by atoms with E-state index in [9.17, 15) is 9.90 Å². The molecular weight excluding hydrogens is 334 g/mol. The van der Waals surface area contributed by atoms with Gasteiger partial charge in [0.1, 0.15) is 22.7 Å². The van der Waals surface area contributed by atoms with E-state index in [2.05, 4.69) is 25.8 Å². The number of carbonyl (C=O) groups is 1. The second-order valence-corrected chi connectivity index (χ2v) is 6.53. The molecule has 0 aliphatic heterocycles. The molecule has 0 aromatic carbocycles. The van der Waals surface area contributed by atoms with Crippen molar-refractivity contribution in [2.45, 2.75) is 32.4 Å². The van der Waals surface area contributed by atoms with Crippen LogP contribution in [0.3, 0.4) is 0 Å². The Hall–Kier alpha value is -3.20. The number of hydrogen-bond acceptors (Lipinski definition) is 6. The van der Waals surface area contributed by atoms with Crippen LogP contribution in [0.1, 0.15) is 36.3 Å². The van der Waals surface area contributed by atoms with Gasteiger partial charge < -0.3 is 16.2 Å². The summed E-state index contributed by atoms with van der Waals surface area (Å²) in [6.45, 7) is 3.82. The van der Waals surface area contributed by atoms with Gasteiger partial charge in [-0.05, 0) is 31.9 Å². The number of amides is 1. The molecule has 0 bridgehead atoms. The highest BCUT2D eigenvalue weighted by Crippen LogP contribution is 2.19. The molecule has 0 saturated carbocycles. The van der Waals surface area contributed by atoms with Gasteiger partial charge in [-0.1, -0.05) is 23.4 Å². The lowest BCUT2D eigenvalue weighted by Gasteiger charge is -2.12. The van der Waals surface area contributed by atoms with Crippen molar-refractivity contribution in [1.29, 1.82) is 0 Å². The van der Waals surface area contributed by atoms with E-state index in [4.69, 9.17) is 5.73 Å². The number of aromatic nitrogens is 5. The number of aromatic amines is 1. The van der Waals surface area contributed by atoms with E-state index in [0.29, 0.717) is 23.6 Å². The van der Waals surface area contributed by atoms with Crippen molar-refractivity contribution in [3.8, 4) is 0 Å². The largest absolute Gasteiger partial charge is 0.384 e. The lowest BCUT2D eigenvalue weighted by Crippen LogP contribution is -2.15. The molecule has 1 amide bonds. The molecule has 0 atom stereocenters. The maximum Gasteiger partial charge on any atom is 0.254 e. The topological polar surface area (TPSA) is 135 Å². The number of allylic oxidation sites excluding steroid dienone is 5. The fourth-order valence-corrected chi connectivity index (χ4v) is 2.46. The van der Waals surface area contributed by atoms with E-state index in [1.54, 1.807) is 24.7 Å². The highest BCUT2D eigenvalue weighted by Gasteiger charge is 2.20. The number of carbonyl (C=O) groups excluding carboxylic acids is 1. The van der Waals surface area contributed by atoms with Crippen molar-refractivity contribution in [3.63, 3.8) is 0 Å². The van der Waals surface area contributed by atoms with Crippen molar-refractivity contribution < 1.29 is 9.90 Å². The second-order valence-electron chi connectivity index (χ2n) is 6.53. The van der Waals surface area contributed by atoms with Gasteiger partial charge in [-0.15, -0.1) is 5.10 Å². The molecule has 9 heteroatoms. The maximum atomic E-state index is 11.4. The number of primary amides is 1. The Labute approximate surface area is 150 Å². The van der Waals surface area contributed by atoms with Crippen LogP contribution in [-0.4, -0.2) is 36.2 Å². The van der Waals surface area contributed by atoms with Crippen molar-refractivity contribution in [2.75, 3.05) is 5.32 Å². The number of nitrogens with one attached hydrogen (secondary N) is 2. The number of nitrogens with zero attached hydrogens (tertiary/aromatic N) is 4. The zero-order valence-electron chi connectivity index (χ0n) is 14.6. The van der Waals surface area contributed by atoms with Crippen LogP contribution < -0.4 is 11.1 Å². The smallest absolute Gasteiger partial charge is 0.254 e. The van der Waals surface area contributed by atoms with Crippen LogP contribution in [0.25, 0.3) is 0 Å². The van der Waals surface area contributed by atoms with Gasteiger partial charge in [-0.2, -0.15) is 5.10 Å². The molecule has 0 unspecified atom stereocenters. The van der Waals surface area contributed by atoms with Gasteiger partial charge in [0.05, 0.1) is 18.9 Å². The van der Waals surface area contributed by atoms with Gasteiger partial charge in [0, 0.05) is 5.70 Å². The third kappa shape index (κ3) is 4.06. The van der Waals surface area contributed by atoms with Crippen LogP contribution in [0.5, 0.6) is 0 Å². The molecule has 2 aromatic rings. The molecule has 2 heterocycles. The SMILES string of the molecule is CC(C)(O)c1cn(CC2=CC(Nc3[nH]ncc3C(N)=O)=CCC=C2)nn1. The summed E-state index contributed by atoms with van der Waals surface area (Å²) < 4.78 is 1.66. The summed E-state index contributed by atoms with van der Waals surface area (Å²) in [5, 5.41) is 27.8. The van der Waals surface area contributed by atoms with Crippen molar-refractivity contribution >= 4 is 11.7 Å². The number of rotatable bonds is 6. The van der Waals surface area contributed by atoms with E-state index >= 15 is 0 Å². The Kier molecular flexibility index (Phi) is 4.72. The van der Waals surface area contributed by atoms with Crippen LogP contribution in [-0.2, 0) is 12.1 Å². The fourth-order valence-electron chi connectivity index (χ4n) is 2.46. The Morgan fingerprint density at radius 3 is 3.00 bits per heavy atom. The number of nitrogens with two attached hydrogens (primary N) is 1. The average molecular weight is 355 g/mol. The number of hydrogen-bond donors (Lipinski definition) is 4. The van der Waals surface area contributed by atoms with E-state index < -0.39 is 11.5 Å². The first-order chi connectivity index (χ1) is 12.3. The molecular formula is C17H21N7O2. The molecule has 3 rings (SSSR count). The lowest BCUT2D eigenvalue weighted by atomic mass is 10.1. The van der Waals surface area contributed by atoms with Crippen LogP contribution in [0.15, 0.2) is 48.0 Å². The molecule has 0 spiro atoms. The molecule has 136 valence electrons. The van der Waals surface area contributed by atoms with Gasteiger partial charge in [0.25, 0.3) is 5.91 Å². The lowest BCUT2D eigenvalue weighted by molar-refractivity contribution is 0.0737. The quantitative estimate of drug-likeness (QED) is 0.615. The Balaban J connectivity index is 1.77. The zero-order valence-corrected chi connectivity index (χ0v) is 14.6. The summed E-state index contributed by atoms with van der Waals surface area (Å²) in [6, 6.07) is 0. The summed E-state index contributed by atoms with van der Waals surface area (Å²) >= 11 is 0. The molecule has 5 N–H and O–H groups in total. The number of aliphatic hydroxyl groups is 1. The number of H-pyrrole nitrogens is 1. The van der Waals surface area contributed by atoms with Gasteiger partial charge in [0.15, 0.2) is 0 Å². The fraction of sp³-hybridized carbons (Fsp3) is 0.294. The molecule has 0 radical (unpaired) electrons. The molecule has 26 heavy (non-hydrogen) atoms. The van der Waals surface area contributed by atoms with Crippen molar-refractivity contribution in [2.24, 2.45) is 5.73 Å². The minimum absolute atomic E-state index is 0.296. The summed E-state index contributed by atoms with van der Waals surface area (Å²) in [7, 11) is 0. The number of anilines is 1. The van der Waals surface area contributed by atoms with Crippen LogP contribution in [0.4, 0.5) is 5.82 Å². The Morgan fingerprint density at radius 1 is 1.50 bits per heavy atom. The average Bonchev–Trinajstić information content (AvgIpc) is 3.14. The minimum atomic E-state index is -1.04. The van der Waals surface area contributed by atoms with Gasteiger partial charge in [-0.3, -0.25) is 9.89 Å². The third-order valence-corrected chi connectivity index (χ3v) is 3.83. The van der Waals surface area contributed by atoms with Gasteiger partial charge in [0.2, 0.25) is 0 Å². The standard InChI is InChI=1S/C17H21N7O2/c1-17(2,26)14-10-24(23-21-14)9-11-5-3-4-6-12(7-11)20-16-13(15(18)25)8-19-22-16/h3,5-8,10,26H,4,9H2,1-2H3,(H2,18,25)(H2,19,20,22). The summed E-state index contributed by atoms with van der Waals surface area (Å²) in [4.78, 5) is 11.4. The molecule has 1 aliphatic carbocycles. The van der Waals surface area contributed by atoms with Crippen LogP contribution in [0, 0.1) is 0 Å². The minimum Gasteiger partial charge on any atom is -0.384 e. The Bertz CT molecular complexity index is 896. The molecule has 0 fully saturated rings. The first-order valence-corrected chi connectivity index (χ1v) is 8.13. The molecule has 0 saturated heterocycles. The maximum absolute atomic E-state index is 11.4. The molecule has 2 aromatic heterocycles. The van der Waals surface area contributed by atoms with Crippen molar-refractivity contribution in [1.82, 2.24) is 25.2 Å². The third-order valence-electron chi connectivity index (χ3n) is 3.83. The second kappa shape index (κ2) is 6.96. The van der Waals surface area contributed by atoms with E-state index in [1.165, 1.54) is 6.20 Å². The first kappa shape index (κ1) is 17.6. The van der Waals surface area contributed by atoms with E-state index in [1.807, 2.05) is 24.3 Å². The molecule has 1 aliphatic rings. The highest BCUT2D eigenvalue weighted by atomic mass is 16.3. The van der Waals surface area contributed by atoms with Crippen molar-refractivity contribution in [3.05, 3.63) is 59.2 Å².